The predicted molar refractivity (Wildman–Crippen MR) is 59.9 cm³/mol. The summed E-state index contributed by atoms with van der Waals surface area (Å²) in [5, 5.41) is 16.6. The van der Waals surface area contributed by atoms with Gasteiger partial charge in [-0.2, -0.15) is 0 Å². The number of carbonyl (C=O) groups is 1. The number of rotatable bonds is 2. The van der Waals surface area contributed by atoms with Gasteiger partial charge in [-0.25, -0.2) is 4.79 Å². The average molecular weight is 224 g/mol. The zero-order valence-corrected chi connectivity index (χ0v) is 8.93. The molecule has 4 nitrogen and oxygen atoms in total. The molecular formula is C10H12N2O2S. The molecule has 3 rings (SSSR count). The fourth-order valence-corrected chi connectivity index (χ4v) is 2.89. The molecular weight excluding hydrogens is 212 g/mol. The normalized spacial score (nSPS) is 23.9. The van der Waals surface area contributed by atoms with Crippen LogP contribution in [0.3, 0.4) is 0 Å². The Morgan fingerprint density at radius 3 is 3.00 bits per heavy atom. The second kappa shape index (κ2) is 3.13. The lowest BCUT2D eigenvalue weighted by molar-refractivity contribution is 0.0702. The van der Waals surface area contributed by atoms with E-state index in [-0.39, 0.29) is 0 Å². The van der Waals surface area contributed by atoms with Gasteiger partial charge < -0.3 is 15.7 Å². The third-order valence-electron chi connectivity index (χ3n) is 2.96. The second-order valence-corrected chi connectivity index (χ2v) is 5.18. The maximum absolute atomic E-state index is 10.8. The molecule has 0 aromatic carbocycles. The minimum Gasteiger partial charge on any atom is -0.477 e. The van der Waals surface area contributed by atoms with E-state index < -0.39 is 5.97 Å². The van der Waals surface area contributed by atoms with Gasteiger partial charge in [0.15, 0.2) is 0 Å². The molecule has 1 fully saturated rings. The van der Waals surface area contributed by atoms with Gasteiger partial charge in [-0.3, -0.25) is 0 Å². The van der Waals surface area contributed by atoms with Crippen molar-refractivity contribution in [2.45, 2.75) is 18.9 Å². The quantitative estimate of drug-likeness (QED) is 0.719. The molecule has 2 aliphatic rings. The lowest BCUT2D eigenvalue weighted by Gasteiger charge is -2.25. The summed E-state index contributed by atoms with van der Waals surface area (Å²) in [5.74, 6) is -0.0676. The second-order valence-electron chi connectivity index (χ2n) is 4.13. The molecule has 1 atom stereocenters. The third-order valence-corrected chi connectivity index (χ3v) is 4.02. The van der Waals surface area contributed by atoms with Crippen LogP contribution in [0.2, 0.25) is 0 Å². The monoisotopic (exact) mass is 224 g/mol. The summed E-state index contributed by atoms with van der Waals surface area (Å²) in [7, 11) is 0. The summed E-state index contributed by atoms with van der Waals surface area (Å²) in [6.45, 7) is 0.910. The Kier molecular flexibility index (Phi) is 1.88. The number of hydrogen-bond donors (Lipinski definition) is 3. The van der Waals surface area contributed by atoms with Crippen LogP contribution in [0.15, 0.2) is 6.07 Å². The molecule has 0 radical (unpaired) electrons. The molecule has 1 aliphatic carbocycles. The van der Waals surface area contributed by atoms with E-state index in [2.05, 4.69) is 10.6 Å². The number of fused-ring (bicyclic) bond motifs is 1. The standard InChI is InChI=1S/C10H12N2O2S/c13-10(14)8-3-6-9(15-8)12-7(4-11-6)5-1-2-5/h3,5,7,11-12H,1-2,4H2,(H,13,14). The van der Waals surface area contributed by atoms with Gasteiger partial charge in [0.2, 0.25) is 0 Å². The van der Waals surface area contributed by atoms with Crippen LogP contribution in [0.25, 0.3) is 0 Å². The lowest BCUT2D eigenvalue weighted by Crippen LogP contribution is -2.33. The van der Waals surface area contributed by atoms with Crippen LogP contribution < -0.4 is 10.6 Å². The molecule has 2 heterocycles. The predicted octanol–water partition coefficient (Wildman–Crippen LogP) is 2.06. The molecule has 0 amide bonds. The van der Waals surface area contributed by atoms with Crippen molar-refractivity contribution in [1.29, 1.82) is 0 Å². The van der Waals surface area contributed by atoms with Gasteiger partial charge in [-0.1, -0.05) is 0 Å². The average Bonchev–Trinajstić information content (AvgIpc) is 2.96. The van der Waals surface area contributed by atoms with E-state index in [9.17, 15) is 4.79 Å². The minimum atomic E-state index is -0.846. The van der Waals surface area contributed by atoms with Crippen LogP contribution in [0.4, 0.5) is 10.7 Å². The van der Waals surface area contributed by atoms with Gasteiger partial charge in [0.05, 0.1) is 5.69 Å². The Morgan fingerprint density at radius 2 is 2.33 bits per heavy atom. The molecule has 15 heavy (non-hydrogen) atoms. The van der Waals surface area contributed by atoms with Crippen LogP contribution in [0.1, 0.15) is 22.5 Å². The number of nitrogens with one attached hydrogen (secondary N) is 2. The number of anilines is 2. The molecule has 80 valence electrons. The van der Waals surface area contributed by atoms with E-state index in [1.165, 1.54) is 24.2 Å². The van der Waals surface area contributed by atoms with Crippen molar-refractivity contribution in [3.8, 4) is 0 Å². The van der Waals surface area contributed by atoms with Gasteiger partial charge in [0.25, 0.3) is 0 Å². The molecule has 1 aromatic heterocycles. The van der Waals surface area contributed by atoms with E-state index in [1.807, 2.05) is 0 Å². The molecule has 0 bridgehead atoms. The molecule has 1 saturated carbocycles. The third kappa shape index (κ3) is 1.56. The maximum Gasteiger partial charge on any atom is 0.346 e. The van der Waals surface area contributed by atoms with Gasteiger partial charge >= 0.3 is 5.97 Å². The van der Waals surface area contributed by atoms with Crippen LogP contribution in [-0.4, -0.2) is 23.7 Å². The maximum atomic E-state index is 10.8. The van der Waals surface area contributed by atoms with Crippen LogP contribution in [0.5, 0.6) is 0 Å². The van der Waals surface area contributed by atoms with Crippen LogP contribution in [0, 0.1) is 5.92 Å². The van der Waals surface area contributed by atoms with E-state index in [0.29, 0.717) is 10.9 Å². The van der Waals surface area contributed by atoms with E-state index in [4.69, 9.17) is 5.11 Å². The Labute approximate surface area is 91.3 Å². The molecule has 5 heteroatoms. The van der Waals surface area contributed by atoms with Gasteiger partial charge in [-0.15, -0.1) is 11.3 Å². The van der Waals surface area contributed by atoms with E-state index >= 15 is 0 Å². The highest BCUT2D eigenvalue weighted by molar-refractivity contribution is 7.18. The number of hydrogen-bond acceptors (Lipinski definition) is 4. The largest absolute Gasteiger partial charge is 0.477 e. The first-order valence-electron chi connectivity index (χ1n) is 5.11. The Morgan fingerprint density at radius 1 is 1.53 bits per heavy atom. The van der Waals surface area contributed by atoms with Crippen molar-refractivity contribution in [2.24, 2.45) is 5.92 Å². The summed E-state index contributed by atoms with van der Waals surface area (Å²) < 4.78 is 0. The van der Waals surface area contributed by atoms with Crippen LogP contribution >= 0.6 is 11.3 Å². The summed E-state index contributed by atoms with van der Waals surface area (Å²) >= 11 is 1.32. The fraction of sp³-hybridized carbons (Fsp3) is 0.500. The highest BCUT2D eigenvalue weighted by atomic mass is 32.1. The number of carboxylic acid groups (broad SMARTS) is 1. The number of carboxylic acids is 1. The first-order valence-corrected chi connectivity index (χ1v) is 5.93. The zero-order valence-electron chi connectivity index (χ0n) is 8.12. The van der Waals surface area contributed by atoms with Crippen molar-refractivity contribution in [3.05, 3.63) is 10.9 Å². The SMILES string of the molecule is O=C(O)c1cc2c(s1)NC(C1CC1)CN2. The first kappa shape index (κ1) is 9.03. The summed E-state index contributed by atoms with van der Waals surface area (Å²) in [6.07, 6.45) is 2.59. The molecule has 1 aliphatic heterocycles. The zero-order chi connectivity index (χ0) is 10.4. The van der Waals surface area contributed by atoms with Gasteiger partial charge in [0, 0.05) is 12.6 Å². The Bertz CT molecular complexity index is 412. The first-order chi connectivity index (χ1) is 7.24. The molecule has 1 aromatic rings. The minimum absolute atomic E-state index is 0.399. The fourth-order valence-electron chi connectivity index (χ4n) is 1.96. The van der Waals surface area contributed by atoms with E-state index in [1.54, 1.807) is 6.07 Å². The Balaban J connectivity index is 1.85. The van der Waals surface area contributed by atoms with Crippen LogP contribution in [-0.2, 0) is 0 Å². The van der Waals surface area contributed by atoms with Gasteiger partial charge in [0.1, 0.15) is 9.88 Å². The van der Waals surface area contributed by atoms with Crippen molar-refractivity contribution >= 4 is 28.0 Å². The topological polar surface area (TPSA) is 61.4 Å². The molecule has 0 saturated heterocycles. The highest BCUT2D eigenvalue weighted by Crippen LogP contribution is 2.41. The van der Waals surface area contributed by atoms with Gasteiger partial charge in [-0.05, 0) is 24.8 Å². The van der Waals surface area contributed by atoms with Crippen molar-refractivity contribution in [2.75, 3.05) is 17.2 Å². The number of thiophene rings is 1. The number of aromatic carboxylic acids is 1. The Hall–Kier alpha value is -1.23. The summed E-state index contributed by atoms with van der Waals surface area (Å²) in [6, 6.07) is 2.19. The molecule has 1 unspecified atom stereocenters. The lowest BCUT2D eigenvalue weighted by atomic mass is 10.1. The summed E-state index contributed by atoms with van der Waals surface area (Å²) in [5.41, 5.74) is 0.939. The van der Waals surface area contributed by atoms with Crippen molar-refractivity contribution in [1.82, 2.24) is 0 Å². The van der Waals surface area contributed by atoms with E-state index in [0.717, 1.165) is 23.2 Å². The molecule has 3 N–H and O–H groups in total. The highest BCUT2D eigenvalue weighted by Gasteiger charge is 2.34. The summed E-state index contributed by atoms with van der Waals surface area (Å²) in [4.78, 5) is 11.2. The van der Waals surface area contributed by atoms with Crippen molar-refractivity contribution in [3.63, 3.8) is 0 Å². The molecule has 0 spiro atoms. The smallest absolute Gasteiger partial charge is 0.346 e. The van der Waals surface area contributed by atoms with Crippen molar-refractivity contribution < 1.29 is 9.90 Å².